The molecule has 0 N–H and O–H groups in total. The molecule has 0 unspecified atom stereocenters. The third-order valence-electron chi connectivity index (χ3n) is 17.1. The summed E-state index contributed by atoms with van der Waals surface area (Å²) in [4.78, 5) is 0. The van der Waals surface area contributed by atoms with E-state index in [-0.39, 0.29) is 604 Å². The maximum atomic E-state index is 4.45. The molecular weight excluding hydrogens is 3070 g/mol. The molecule has 139 heavy (non-hydrogen) atoms. The zero-order valence-electron chi connectivity index (χ0n) is 94.4. The fourth-order valence-electron chi connectivity index (χ4n) is 8.48. The van der Waals surface area contributed by atoms with Gasteiger partial charge in [-0.05, 0) is 16.1 Å². The number of halogens is 14. The van der Waals surface area contributed by atoms with Crippen molar-refractivity contribution in [2.75, 3.05) is 0 Å². The van der Waals surface area contributed by atoms with Crippen LogP contribution in [0.1, 0.15) is 62.3 Å². The van der Waals surface area contributed by atoms with Crippen molar-refractivity contribution >= 4 is 474 Å². The average Bonchev–Trinajstić information content (AvgIpc) is 0.817. The smallest absolute Gasteiger partial charge is 1.00 e. The summed E-state index contributed by atoms with van der Waals surface area (Å²) in [5, 5.41) is 9.82. The van der Waals surface area contributed by atoms with Gasteiger partial charge in [0.25, 0.3) is 0 Å². The Morgan fingerprint density at radius 2 is 0.245 bits per heavy atom. The van der Waals surface area contributed by atoms with Crippen LogP contribution in [0, 0.1) is 91.7 Å². The molecule has 0 aliphatic heterocycles. The van der Waals surface area contributed by atoms with E-state index in [0.29, 0.717) is 0 Å². The van der Waals surface area contributed by atoms with Crippen LogP contribution < -0.4 is 291 Å². The first-order valence-electron chi connectivity index (χ1n) is 41.7. The van der Waals surface area contributed by atoms with E-state index in [1.165, 1.54) is 90.7 Å². The van der Waals surface area contributed by atoms with Crippen LogP contribution in [-0.2, 0) is 0 Å². The van der Waals surface area contributed by atoms with Crippen LogP contribution in [0.5, 0.6) is 0 Å². The largest absolute Gasteiger partial charge is 2.00 e. The minimum atomic E-state index is -1.71. The van der Waals surface area contributed by atoms with Gasteiger partial charge in [-0.1, -0.05) is 564 Å². The molecule has 0 fully saturated rings. The molecule has 0 atom stereocenters. The normalized spacial score (nSPS) is 9.07. The van der Waals surface area contributed by atoms with E-state index < -0.39 is 88.8 Å². The van der Waals surface area contributed by atoms with Crippen molar-refractivity contribution in [3.05, 3.63) is 304 Å². The first kappa shape index (κ1) is 255. The van der Waals surface area contributed by atoms with E-state index >= 15 is 0 Å². The number of hydrogen-bond acceptors (Lipinski definition) is 0. The summed E-state index contributed by atoms with van der Waals surface area (Å²) in [6.45, 7) is 129. The molecule has 0 aliphatic carbocycles. The third kappa shape index (κ3) is 178. The number of benzene rings is 7. The molecule has 0 aromatic heterocycles. The number of hydrogen-bond donors (Lipinski definition) is 0. The Morgan fingerprint density at radius 3 is 0.288 bits per heavy atom. The van der Waals surface area contributed by atoms with Crippen LogP contribution in [0.3, 0.4) is 0 Å². The van der Waals surface area contributed by atoms with Gasteiger partial charge in [0.1, 0.15) is 0 Å². The van der Waals surface area contributed by atoms with Gasteiger partial charge < -0.3 is 346 Å². The quantitative estimate of drug-likeness (QED) is 0.0514. The first-order chi connectivity index (χ1) is 50.5. The van der Waals surface area contributed by atoms with E-state index in [1.807, 2.05) is 18.2 Å². The third-order valence-corrected chi connectivity index (χ3v) is 42.7. The molecule has 7 aromatic rings. The van der Waals surface area contributed by atoms with Gasteiger partial charge in [-0.3, -0.25) is 0 Å². The monoisotopic (exact) mass is 3240 g/mol. The minimum Gasteiger partial charge on any atom is -1.00 e. The van der Waals surface area contributed by atoms with Crippen molar-refractivity contribution in [1.82, 2.24) is 0 Å². The van der Waals surface area contributed by atoms with Gasteiger partial charge in [-0.25, -0.2) is 0 Å². The van der Waals surface area contributed by atoms with Gasteiger partial charge in [0.05, 0.1) is 0 Å². The Labute approximate surface area is 1270 Å². The van der Waals surface area contributed by atoms with Gasteiger partial charge >= 0.3 is 323 Å². The maximum Gasteiger partial charge on any atom is 2.00 e. The van der Waals surface area contributed by atoms with Crippen LogP contribution in [0.2, 0.25) is 205 Å². The Balaban J connectivity index is -0.0000000254. The van der Waals surface area contributed by atoms with Crippen molar-refractivity contribution in [2.45, 2.75) is 267 Å². The summed E-state index contributed by atoms with van der Waals surface area (Å²) in [5.41, 5.74) is 0. The van der Waals surface area contributed by atoms with E-state index in [1.54, 1.807) is 0 Å². The Kier molecular flexibility index (Phi) is 271. The average molecular weight is 3260 g/mol. The summed E-state index contributed by atoms with van der Waals surface area (Å²) in [6, 6.07) is 86.2. The Hall–Kier alpha value is 15.5. The predicted octanol–water partition coefficient (Wildman–Crippen LogP) is -20.6. The fourth-order valence-corrected chi connectivity index (χ4v) is 20.6. The molecule has 750 valence electrons. The molecule has 7 aromatic carbocycles. The van der Waals surface area contributed by atoms with Crippen molar-refractivity contribution in [1.29, 1.82) is 0 Å². The molecule has 0 radical (unpaired) electrons. The van der Waals surface area contributed by atoms with Crippen LogP contribution >= 0.6 is 0 Å². The predicted molar refractivity (Wildman–Crippen MR) is 652 cm³/mol. The van der Waals surface area contributed by atoms with Crippen LogP contribution in [0.15, 0.2) is 212 Å². The second-order valence-electron chi connectivity index (χ2n) is 37.4. The van der Waals surface area contributed by atoms with Gasteiger partial charge in [0.2, 0.25) is 0 Å². The van der Waals surface area contributed by atoms with E-state index in [4.69, 9.17) is 0 Å². The van der Waals surface area contributed by atoms with Crippen molar-refractivity contribution in [3.63, 3.8) is 0 Å². The molecule has 0 bridgehead atoms. The molecule has 0 spiro atoms. The second kappa shape index (κ2) is 148. The molecule has 0 saturated heterocycles. The van der Waals surface area contributed by atoms with E-state index in [2.05, 4.69) is 499 Å². The molecular formula is C97H180Br5Cl4I5Mg14Si14. The maximum absolute atomic E-state index is 4.45. The zero-order valence-corrected chi connectivity index (χ0v) is 150. The van der Waals surface area contributed by atoms with Crippen molar-refractivity contribution < 1.29 is 254 Å². The SMILES string of the molecule is [Br-].[Br-].[Br-].[Br-].[Br-].[CH2-][SiH](C)C.[CH2-][SiH](C)C.[CH2-][SiH](C)C.[CH2-][Si](C)(C)C.[CH2-][Si](C)(C)C.[CH2-][Si](C)(C)C.[CH2-][Si](C)(C)c1ccccc1.[CH2-][Si](C)(C)c1ccccc1.[CH2-][Si](C)(C)c1ccccc1.[CH2-][Si](C)(c1ccccc1)c1ccccc1.[CH2-][Si](C)(c1ccccc1)c1ccccc1.[CH2-][Si](CC)(CC)CC.[CH2-][Si](CC)(CC)CC.[CH2-][Si](CC)(CC)CC.[Cl-].[Cl-].[Cl-].[Cl-].[I-].[I-].[I-].[I-].[I-].[Mg+2].[Mg+2].[Mg+2].[Mg+2].[Mg+2].[Mg+2].[Mg+2].[Mg+2].[Mg+2].[Mg+2].[Mg+2].[Mg+2].[Mg+2].[Mg+2]. The zero-order chi connectivity index (χ0) is 88.4. The van der Waals surface area contributed by atoms with E-state index in [0.717, 1.165) is 0 Å². The van der Waals surface area contributed by atoms with Gasteiger partial charge in [0.15, 0.2) is 0 Å². The summed E-state index contributed by atoms with van der Waals surface area (Å²) in [7, 11) is -13.8. The van der Waals surface area contributed by atoms with Crippen LogP contribution in [0.4, 0.5) is 0 Å². The van der Waals surface area contributed by atoms with Gasteiger partial charge in [-0.2, -0.15) is 0 Å². The topological polar surface area (TPSA) is 0 Å². The standard InChI is InChI=1S/2C14H15Si.3C9H13Si.3C7H17Si.3C4H11Si.3C3H9Si.5BrH.4ClH.5HI.14Mg/c2*1-15(2,13-9-5-3-6-10-13)14-11-7-4-8-12-14;3*1-10(2,3)9-7-5-4-6-8-9;3*1-5-8(4,6-2)7-3;3*1-5(2,3)4;3*1-4(2)3;;;;;;;;;;;;;;;;;;;;;;;;;;;;/h2*3-12H,1H2,2H3;3*4-8H,1H2,2-3H3;3*4-7H2,1-3H3;3*1H2,2-4H3;3*4H,1H2,2-3H3;14*1H;;;;;;;;;;;;;;/q14*-1;;;;;;;;;;;;;;;14*+2/p-14. The van der Waals surface area contributed by atoms with E-state index in [9.17, 15) is 0 Å². The molecule has 0 saturated carbocycles. The summed E-state index contributed by atoms with van der Waals surface area (Å²) in [5.74, 6) is 0. The summed E-state index contributed by atoms with van der Waals surface area (Å²) in [6.07, 6.45) is 0. The first-order valence-corrected chi connectivity index (χ1v) is 85.8. The molecule has 0 aliphatic rings. The fraction of sp³-hybridized carbons (Fsp3) is 0.423. The molecule has 42 heteroatoms. The summed E-state index contributed by atoms with van der Waals surface area (Å²) < 4.78 is 0. The Morgan fingerprint density at radius 1 is 0.180 bits per heavy atom. The Bertz CT molecular complexity index is 2830. The second-order valence-corrected chi connectivity index (χ2v) is 97.2. The molecule has 0 amide bonds. The van der Waals surface area contributed by atoms with Gasteiger partial charge in [0, 0.05) is 0 Å². The summed E-state index contributed by atoms with van der Waals surface area (Å²) >= 11 is 0. The molecule has 0 heterocycles. The van der Waals surface area contributed by atoms with Gasteiger partial charge in [-0.15, -0.1) is 50.6 Å². The molecule has 0 nitrogen and oxygen atoms in total. The number of rotatable bonds is 16. The minimum absolute atomic E-state index is 0. The van der Waals surface area contributed by atoms with Crippen molar-refractivity contribution in [2.24, 2.45) is 0 Å². The van der Waals surface area contributed by atoms with Crippen LogP contribution in [0.25, 0.3) is 0 Å². The van der Waals surface area contributed by atoms with Crippen molar-refractivity contribution in [3.8, 4) is 0 Å². The van der Waals surface area contributed by atoms with Crippen LogP contribution in [-0.4, -0.2) is 438 Å². The molecule has 7 rings (SSSR count).